The molecule has 1 aromatic rings. The van der Waals surface area contributed by atoms with E-state index in [9.17, 15) is 15.0 Å². The molecule has 0 aliphatic heterocycles. The Bertz CT molecular complexity index is 844. The lowest BCUT2D eigenvalue weighted by molar-refractivity contribution is 0.0359. The van der Waals surface area contributed by atoms with E-state index >= 15 is 0 Å². The topological polar surface area (TPSA) is 88.0 Å². The van der Waals surface area contributed by atoms with Gasteiger partial charge in [-0.15, -0.1) is 0 Å². The van der Waals surface area contributed by atoms with Gasteiger partial charge in [-0.25, -0.2) is 4.79 Å². The molecule has 0 aliphatic carbocycles. The van der Waals surface area contributed by atoms with Crippen molar-refractivity contribution >= 4 is 17.9 Å². The molecular formula is C31H55NO5S. The molecular weight excluding hydrogens is 498 g/mol. The molecule has 220 valence electrons. The molecule has 7 heteroatoms. The molecule has 0 radical (unpaired) electrons. The number of hydrogen-bond donors (Lipinski definition) is 3. The molecule has 6 nitrogen and oxygen atoms in total. The van der Waals surface area contributed by atoms with Crippen LogP contribution in [0.5, 0.6) is 5.75 Å². The number of nitrogens with one attached hydrogen (secondary N) is 1. The minimum absolute atomic E-state index is 0.0981. The zero-order valence-electron chi connectivity index (χ0n) is 25.8. The van der Waals surface area contributed by atoms with Gasteiger partial charge in [0.1, 0.15) is 18.0 Å². The SMILES string of the molecule is CSC[C@@H](O)COc1cc(C[C@@H](C[C@H](NC(=O)OC(C)(C)C)[C@@H](O)CC(C)C)C(C)C)ccc1C(C)(C)C. The first kappa shape index (κ1) is 34.6. The summed E-state index contributed by atoms with van der Waals surface area (Å²) in [5.41, 5.74) is 1.54. The maximum absolute atomic E-state index is 12.6. The van der Waals surface area contributed by atoms with Gasteiger partial charge in [-0.3, -0.25) is 0 Å². The van der Waals surface area contributed by atoms with Crippen LogP contribution in [0.1, 0.15) is 93.2 Å². The fourth-order valence-corrected chi connectivity index (χ4v) is 4.98. The summed E-state index contributed by atoms with van der Waals surface area (Å²) in [5.74, 6) is 2.29. The number of aliphatic hydroxyl groups is 2. The smallest absolute Gasteiger partial charge is 0.407 e. The molecule has 0 unspecified atom stereocenters. The highest BCUT2D eigenvalue weighted by molar-refractivity contribution is 7.98. The molecule has 4 atom stereocenters. The molecule has 1 amide bonds. The van der Waals surface area contributed by atoms with Crippen LogP contribution in [0.4, 0.5) is 4.79 Å². The van der Waals surface area contributed by atoms with Crippen molar-refractivity contribution in [2.24, 2.45) is 17.8 Å². The largest absolute Gasteiger partial charge is 0.491 e. The van der Waals surface area contributed by atoms with Crippen LogP contribution >= 0.6 is 11.8 Å². The molecule has 0 spiro atoms. The Morgan fingerprint density at radius 1 is 1.03 bits per heavy atom. The van der Waals surface area contributed by atoms with Crippen molar-refractivity contribution in [3.05, 3.63) is 29.3 Å². The fraction of sp³-hybridized carbons (Fsp3) is 0.774. The summed E-state index contributed by atoms with van der Waals surface area (Å²) < 4.78 is 11.7. The standard InChI is InChI=1S/C31H55NO5S/c1-20(2)14-27(34)26(32-29(35)37-31(8,9)10)17-23(21(3)4)15-22-12-13-25(30(5,6)7)28(16-22)36-18-24(33)19-38-11/h12-13,16,20-21,23-24,26-27,33-34H,14-15,17-19H2,1-11H3,(H,32,35)/t23-,24-,26-,27-/m0/s1. The van der Waals surface area contributed by atoms with Crippen molar-refractivity contribution in [3.63, 3.8) is 0 Å². The van der Waals surface area contributed by atoms with Crippen LogP contribution in [0.15, 0.2) is 18.2 Å². The number of alkyl carbamates (subject to hydrolysis) is 1. The quantitative estimate of drug-likeness (QED) is 0.241. The minimum Gasteiger partial charge on any atom is -0.491 e. The van der Waals surface area contributed by atoms with Crippen molar-refractivity contribution in [1.29, 1.82) is 0 Å². The lowest BCUT2D eigenvalue weighted by atomic mass is 9.80. The summed E-state index contributed by atoms with van der Waals surface area (Å²) in [4.78, 5) is 12.6. The first-order valence-electron chi connectivity index (χ1n) is 14.0. The fourth-order valence-electron chi connectivity index (χ4n) is 4.50. The highest BCUT2D eigenvalue weighted by Crippen LogP contribution is 2.34. The molecule has 0 saturated carbocycles. The Morgan fingerprint density at radius 3 is 2.16 bits per heavy atom. The Balaban J connectivity index is 3.20. The van der Waals surface area contributed by atoms with Crippen molar-refractivity contribution in [3.8, 4) is 5.75 Å². The van der Waals surface area contributed by atoms with E-state index in [1.165, 1.54) is 0 Å². The average Bonchev–Trinajstić information content (AvgIpc) is 2.74. The van der Waals surface area contributed by atoms with E-state index in [1.807, 2.05) is 27.0 Å². The maximum Gasteiger partial charge on any atom is 0.407 e. The molecule has 0 aliphatic rings. The second-order valence-corrected chi connectivity index (χ2v) is 14.3. The summed E-state index contributed by atoms with van der Waals surface area (Å²) in [6, 6.07) is 5.98. The van der Waals surface area contributed by atoms with E-state index in [-0.39, 0.29) is 17.9 Å². The molecule has 0 aromatic heterocycles. The van der Waals surface area contributed by atoms with Crippen LogP contribution in [0, 0.1) is 17.8 Å². The van der Waals surface area contributed by atoms with Crippen LogP contribution in [0.2, 0.25) is 0 Å². The van der Waals surface area contributed by atoms with E-state index in [0.29, 0.717) is 30.4 Å². The molecule has 0 bridgehead atoms. The number of rotatable bonds is 14. The minimum atomic E-state index is -0.663. The first-order chi connectivity index (χ1) is 17.4. The van der Waals surface area contributed by atoms with Gasteiger partial charge in [-0.1, -0.05) is 60.6 Å². The van der Waals surface area contributed by atoms with Gasteiger partial charge < -0.3 is 25.0 Å². The van der Waals surface area contributed by atoms with Gasteiger partial charge >= 0.3 is 6.09 Å². The number of benzene rings is 1. The van der Waals surface area contributed by atoms with Gasteiger partial charge in [0.15, 0.2) is 0 Å². The Hall–Kier alpha value is -1.44. The van der Waals surface area contributed by atoms with Gasteiger partial charge in [0.2, 0.25) is 0 Å². The van der Waals surface area contributed by atoms with E-state index in [2.05, 4.69) is 72.0 Å². The maximum atomic E-state index is 12.6. The van der Waals surface area contributed by atoms with Crippen LogP contribution in [0.3, 0.4) is 0 Å². The zero-order valence-corrected chi connectivity index (χ0v) is 26.6. The Morgan fingerprint density at radius 2 is 1.66 bits per heavy atom. The second-order valence-electron chi connectivity index (χ2n) is 13.4. The normalized spacial score (nSPS) is 15.8. The third-order valence-electron chi connectivity index (χ3n) is 6.52. The van der Waals surface area contributed by atoms with Gasteiger partial charge in [0.05, 0.1) is 18.2 Å². The summed E-state index contributed by atoms with van der Waals surface area (Å²) in [6.07, 6.45) is 2.31. The van der Waals surface area contributed by atoms with Crippen molar-refractivity contribution in [2.45, 2.75) is 118 Å². The van der Waals surface area contributed by atoms with Crippen LogP contribution in [0.25, 0.3) is 0 Å². The van der Waals surface area contributed by atoms with Crippen molar-refractivity contribution in [1.82, 2.24) is 5.32 Å². The molecule has 0 saturated heterocycles. The first-order valence-corrected chi connectivity index (χ1v) is 15.4. The highest BCUT2D eigenvalue weighted by atomic mass is 32.2. The second kappa shape index (κ2) is 15.4. The number of amides is 1. The molecule has 3 N–H and O–H groups in total. The Kier molecular flexibility index (Phi) is 14.0. The summed E-state index contributed by atoms with van der Waals surface area (Å²) in [7, 11) is 0. The number of carbonyl (C=O) groups excluding carboxylic acids is 1. The van der Waals surface area contributed by atoms with Gasteiger partial charge in [-0.05, 0) is 86.7 Å². The molecule has 1 rings (SSSR count). The van der Waals surface area contributed by atoms with Crippen LogP contribution in [-0.4, -0.2) is 58.8 Å². The lowest BCUT2D eigenvalue weighted by Crippen LogP contribution is -2.47. The molecule has 0 fully saturated rings. The summed E-state index contributed by atoms with van der Waals surface area (Å²) in [5, 5.41) is 24.2. The van der Waals surface area contributed by atoms with Crippen LogP contribution in [-0.2, 0) is 16.6 Å². The number of ether oxygens (including phenoxy) is 2. The highest BCUT2D eigenvalue weighted by Gasteiger charge is 2.29. The number of aliphatic hydroxyl groups excluding tert-OH is 2. The molecule has 1 aromatic carbocycles. The predicted octanol–water partition coefficient (Wildman–Crippen LogP) is 6.59. The third kappa shape index (κ3) is 13.1. The monoisotopic (exact) mass is 553 g/mol. The van der Waals surface area contributed by atoms with Crippen LogP contribution < -0.4 is 10.1 Å². The number of hydrogen-bond acceptors (Lipinski definition) is 6. The number of thioether (sulfide) groups is 1. The van der Waals surface area contributed by atoms with Gasteiger partial charge in [-0.2, -0.15) is 11.8 Å². The molecule has 0 heterocycles. The van der Waals surface area contributed by atoms with E-state index in [0.717, 1.165) is 23.3 Å². The van der Waals surface area contributed by atoms with E-state index < -0.39 is 29.9 Å². The average molecular weight is 554 g/mol. The predicted molar refractivity (Wildman–Crippen MR) is 160 cm³/mol. The number of carbonyl (C=O) groups is 1. The zero-order chi connectivity index (χ0) is 29.3. The van der Waals surface area contributed by atoms with Gasteiger partial charge in [0.25, 0.3) is 0 Å². The Labute approximate surface area is 236 Å². The van der Waals surface area contributed by atoms with E-state index in [1.54, 1.807) is 11.8 Å². The van der Waals surface area contributed by atoms with Crippen molar-refractivity contribution in [2.75, 3.05) is 18.6 Å². The van der Waals surface area contributed by atoms with Gasteiger partial charge in [0, 0.05) is 5.75 Å². The lowest BCUT2D eigenvalue weighted by Gasteiger charge is -2.32. The third-order valence-corrected chi connectivity index (χ3v) is 7.24. The van der Waals surface area contributed by atoms with E-state index in [4.69, 9.17) is 9.47 Å². The summed E-state index contributed by atoms with van der Waals surface area (Å²) in [6.45, 7) is 20.8. The molecule has 38 heavy (non-hydrogen) atoms. The van der Waals surface area contributed by atoms with Crippen molar-refractivity contribution < 1.29 is 24.5 Å². The summed E-state index contributed by atoms with van der Waals surface area (Å²) >= 11 is 1.60.